The molecule has 5 heteroatoms. The lowest BCUT2D eigenvalue weighted by Crippen LogP contribution is -2.17. The van der Waals surface area contributed by atoms with E-state index in [0.717, 1.165) is 40.3 Å². The fraction of sp³-hybridized carbons (Fsp3) is 0.312. The molecular formula is C16H17BrN2O2. The van der Waals surface area contributed by atoms with E-state index in [1.165, 1.54) is 5.56 Å². The number of pyridine rings is 1. The molecule has 0 saturated carbocycles. The van der Waals surface area contributed by atoms with Gasteiger partial charge in [0.25, 0.3) is 0 Å². The lowest BCUT2D eigenvalue weighted by Gasteiger charge is -2.20. The normalized spacial score (nSPS) is 13.2. The van der Waals surface area contributed by atoms with Gasteiger partial charge >= 0.3 is 0 Å². The number of fused-ring (bicyclic) bond motifs is 1. The van der Waals surface area contributed by atoms with Crippen LogP contribution >= 0.6 is 15.9 Å². The SMILES string of the molecule is Cc1ccc(CNCc2cc(Br)c3c(c2)OCCO3)cn1. The largest absolute Gasteiger partial charge is 0.486 e. The Hall–Kier alpha value is -1.59. The highest BCUT2D eigenvalue weighted by Gasteiger charge is 2.16. The molecule has 4 nitrogen and oxygen atoms in total. The van der Waals surface area contributed by atoms with Crippen molar-refractivity contribution in [3.8, 4) is 11.5 Å². The summed E-state index contributed by atoms with van der Waals surface area (Å²) in [6, 6.07) is 8.21. The van der Waals surface area contributed by atoms with E-state index in [1.54, 1.807) is 0 Å². The first-order valence-corrected chi connectivity index (χ1v) is 7.72. The third-order valence-electron chi connectivity index (χ3n) is 3.29. The molecule has 1 aromatic heterocycles. The van der Waals surface area contributed by atoms with Crippen molar-refractivity contribution in [2.24, 2.45) is 0 Å². The number of nitrogens with one attached hydrogen (secondary N) is 1. The minimum atomic E-state index is 0.601. The van der Waals surface area contributed by atoms with Crippen LogP contribution in [0.3, 0.4) is 0 Å². The van der Waals surface area contributed by atoms with Crippen LogP contribution in [0.5, 0.6) is 11.5 Å². The van der Waals surface area contributed by atoms with Gasteiger partial charge in [0.15, 0.2) is 11.5 Å². The Balaban J connectivity index is 1.63. The predicted octanol–water partition coefficient (Wildman–Crippen LogP) is 3.21. The maximum atomic E-state index is 5.63. The summed E-state index contributed by atoms with van der Waals surface area (Å²) in [6.45, 7) is 4.75. The highest BCUT2D eigenvalue weighted by atomic mass is 79.9. The van der Waals surface area contributed by atoms with E-state index in [0.29, 0.717) is 13.2 Å². The third kappa shape index (κ3) is 3.54. The van der Waals surface area contributed by atoms with Gasteiger partial charge in [0.05, 0.1) is 4.47 Å². The Kier molecular flexibility index (Phi) is 4.41. The quantitative estimate of drug-likeness (QED) is 0.921. The number of nitrogens with zero attached hydrogens (tertiary/aromatic N) is 1. The molecule has 0 bridgehead atoms. The predicted molar refractivity (Wildman–Crippen MR) is 84.6 cm³/mol. The highest BCUT2D eigenvalue weighted by molar-refractivity contribution is 9.10. The molecule has 0 aliphatic carbocycles. The third-order valence-corrected chi connectivity index (χ3v) is 3.88. The summed E-state index contributed by atoms with van der Waals surface area (Å²) in [5, 5.41) is 3.41. The molecule has 0 fully saturated rings. The van der Waals surface area contributed by atoms with Gasteiger partial charge < -0.3 is 14.8 Å². The number of hydrogen-bond donors (Lipinski definition) is 1. The second kappa shape index (κ2) is 6.45. The highest BCUT2D eigenvalue weighted by Crippen LogP contribution is 2.38. The van der Waals surface area contributed by atoms with Crippen molar-refractivity contribution < 1.29 is 9.47 Å². The maximum Gasteiger partial charge on any atom is 0.175 e. The van der Waals surface area contributed by atoms with E-state index in [-0.39, 0.29) is 0 Å². The van der Waals surface area contributed by atoms with Crippen LogP contribution in [0.1, 0.15) is 16.8 Å². The Bertz CT molecular complexity index is 629. The van der Waals surface area contributed by atoms with Gasteiger partial charge in [-0.15, -0.1) is 0 Å². The van der Waals surface area contributed by atoms with E-state index >= 15 is 0 Å². The van der Waals surface area contributed by atoms with Crippen LogP contribution in [0.15, 0.2) is 34.9 Å². The summed E-state index contributed by atoms with van der Waals surface area (Å²) in [5.41, 5.74) is 3.37. The van der Waals surface area contributed by atoms with Crippen LogP contribution < -0.4 is 14.8 Å². The van der Waals surface area contributed by atoms with Crippen molar-refractivity contribution in [2.75, 3.05) is 13.2 Å². The average Bonchev–Trinajstić information content (AvgIpc) is 2.49. The molecule has 0 radical (unpaired) electrons. The molecule has 2 aromatic rings. The number of benzene rings is 1. The molecule has 0 unspecified atom stereocenters. The first-order valence-electron chi connectivity index (χ1n) is 6.92. The molecule has 2 heterocycles. The Labute approximate surface area is 132 Å². The lowest BCUT2D eigenvalue weighted by molar-refractivity contribution is 0.170. The van der Waals surface area contributed by atoms with Crippen LogP contribution in [0.25, 0.3) is 0 Å². The molecular weight excluding hydrogens is 332 g/mol. The molecule has 0 atom stereocenters. The van der Waals surface area contributed by atoms with E-state index in [4.69, 9.17) is 9.47 Å². The molecule has 3 rings (SSSR count). The van der Waals surface area contributed by atoms with Crippen molar-refractivity contribution in [1.82, 2.24) is 10.3 Å². The van der Waals surface area contributed by atoms with Crippen molar-refractivity contribution >= 4 is 15.9 Å². The van der Waals surface area contributed by atoms with Gasteiger partial charge in [0.2, 0.25) is 0 Å². The number of halogens is 1. The Morgan fingerprint density at radius 3 is 2.76 bits per heavy atom. The van der Waals surface area contributed by atoms with E-state index in [1.807, 2.05) is 25.3 Å². The molecule has 1 N–H and O–H groups in total. The topological polar surface area (TPSA) is 43.4 Å². The zero-order valence-electron chi connectivity index (χ0n) is 11.9. The second-order valence-corrected chi connectivity index (χ2v) is 5.87. The standard InChI is InChI=1S/C16H17BrN2O2/c1-11-2-3-12(10-19-11)8-18-9-13-6-14(17)16-15(7-13)20-4-5-21-16/h2-3,6-7,10,18H,4-5,8-9H2,1H3. The van der Waals surface area contributed by atoms with E-state index in [9.17, 15) is 0 Å². The van der Waals surface area contributed by atoms with Gasteiger partial charge in [-0.2, -0.15) is 0 Å². The van der Waals surface area contributed by atoms with Crippen LogP contribution in [-0.2, 0) is 13.1 Å². The lowest BCUT2D eigenvalue weighted by atomic mass is 10.2. The smallest absolute Gasteiger partial charge is 0.175 e. The number of rotatable bonds is 4. The Morgan fingerprint density at radius 1 is 1.14 bits per heavy atom. The molecule has 0 amide bonds. The van der Waals surface area contributed by atoms with Crippen LogP contribution in [-0.4, -0.2) is 18.2 Å². The van der Waals surface area contributed by atoms with E-state index in [2.05, 4.69) is 38.4 Å². The second-order valence-electron chi connectivity index (χ2n) is 5.01. The Morgan fingerprint density at radius 2 is 1.95 bits per heavy atom. The molecule has 0 saturated heterocycles. The number of aryl methyl sites for hydroxylation is 1. The monoisotopic (exact) mass is 348 g/mol. The van der Waals surface area contributed by atoms with Gasteiger partial charge in [0.1, 0.15) is 13.2 Å². The summed E-state index contributed by atoms with van der Waals surface area (Å²) >= 11 is 3.53. The molecule has 21 heavy (non-hydrogen) atoms. The molecule has 0 spiro atoms. The summed E-state index contributed by atoms with van der Waals surface area (Å²) in [5.74, 6) is 1.61. The summed E-state index contributed by atoms with van der Waals surface area (Å²) in [7, 11) is 0. The molecule has 1 aromatic carbocycles. The van der Waals surface area contributed by atoms with Gasteiger partial charge in [-0.3, -0.25) is 4.98 Å². The fourth-order valence-electron chi connectivity index (χ4n) is 2.22. The fourth-order valence-corrected chi connectivity index (χ4v) is 2.82. The zero-order chi connectivity index (χ0) is 14.7. The van der Waals surface area contributed by atoms with Crippen molar-refractivity contribution in [3.05, 3.63) is 51.8 Å². The van der Waals surface area contributed by atoms with Gasteiger partial charge in [-0.1, -0.05) is 6.07 Å². The average molecular weight is 349 g/mol. The van der Waals surface area contributed by atoms with Gasteiger partial charge in [-0.05, 0) is 52.2 Å². The van der Waals surface area contributed by atoms with Crippen LogP contribution in [0.2, 0.25) is 0 Å². The minimum absolute atomic E-state index is 0.601. The molecule has 1 aliphatic rings. The van der Waals surface area contributed by atoms with Crippen molar-refractivity contribution in [1.29, 1.82) is 0 Å². The van der Waals surface area contributed by atoms with Gasteiger partial charge in [-0.25, -0.2) is 0 Å². The van der Waals surface area contributed by atoms with Crippen LogP contribution in [0, 0.1) is 6.92 Å². The van der Waals surface area contributed by atoms with Crippen molar-refractivity contribution in [3.63, 3.8) is 0 Å². The minimum Gasteiger partial charge on any atom is -0.486 e. The van der Waals surface area contributed by atoms with Crippen molar-refractivity contribution in [2.45, 2.75) is 20.0 Å². The first-order chi connectivity index (χ1) is 10.2. The van der Waals surface area contributed by atoms with E-state index < -0.39 is 0 Å². The molecule has 1 aliphatic heterocycles. The number of aromatic nitrogens is 1. The summed E-state index contributed by atoms with van der Waals surface area (Å²) < 4.78 is 12.2. The van der Waals surface area contributed by atoms with Gasteiger partial charge in [0, 0.05) is 25.0 Å². The number of ether oxygens (including phenoxy) is 2. The first kappa shape index (κ1) is 14.4. The maximum absolute atomic E-state index is 5.63. The van der Waals surface area contributed by atoms with Crippen LogP contribution in [0.4, 0.5) is 0 Å². The molecule has 110 valence electrons. The zero-order valence-corrected chi connectivity index (χ0v) is 13.4. The number of hydrogen-bond acceptors (Lipinski definition) is 4. The summed E-state index contributed by atoms with van der Waals surface area (Å²) in [4.78, 5) is 4.29. The summed E-state index contributed by atoms with van der Waals surface area (Å²) in [6.07, 6.45) is 1.90.